The van der Waals surface area contributed by atoms with Crippen LogP contribution < -0.4 is 0 Å². The van der Waals surface area contributed by atoms with Crippen LogP contribution in [0.4, 0.5) is 0 Å². The van der Waals surface area contributed by atoms with Crippen LogP contribution in [0.1, 0.15) is 27.2 Å². The highest BCUT2D eigenvalue weighted by molar-refractivity contribution is 9.13. The van der Waals surface area contributed by atoms with Gasteiger partial charge in [0.2, 0.25) is 0 Å². The van der Waals surface area contributed by atoms with E-state index >= 15 is 0 Å². The van der Waals surface area contributed by atoms with Gasteiger partial charge in [-0.05, 0) is 43.7 Å². The lowest BCUT2D eigenvalue weighted by Gasteiger charge is -2.36. The van der Waals surface area contributed by atoms with Crippen molar-refractivity contribution >= 4 is 31.9 Å². The van der Waals surface area contributed by atoms with Crippen molar-refractivity contribution < 1.29 is 14.2 Å². The molecule has 0 aromatic carbocycles. The van der Waals surface area contributed by atoms with Crippen molar-refractivity contribution in [3.05, 3.63) is 0 Å². The Morgan fingerprint density at radius 1 is 1.44 bits per heavy atom. The second-order valence-electron chi connectivity index (χ2n) is 5.75. The molecule has 2 aliphatic heterocycles. The Balaban J connectivity index is 1.99. The predicted molar refractivity (Wildman–Crippen MR) is 69.0 cm³/mol. The fourth-order valence-corrected chi connectivity index (χ4v) is 3.21. The Kier molecular flexibility index (Phi) is 3.48. The van der Waals surface area contributed by atoms with Gasteiger partial charge in [0.25, 0.3) is 0 Å². The van der Waals surface area contributed by atoms with E-state index in [1.807, 2.05) is 0 Å². The van der Waals surface area contributed by atoms with Crippen molar-refractivity contribution in [2.24, 2.45) is 5.41 Å². The first-order chi connectivity index (χ1) is 7.24. The van der Waals surface area contributed by atoms with Gasteiger partial charge in [-0.25, -0.2) is 0 Å². The molecule has 2 rings (SSSR count). The number of rotatable bonds is 5. The number of alkyl halides is 2. The van der Waals surface area contributed by atoms with Gasteiger partial charge in [0.1, 0.15) is 6.10 Å². The standard InChI is InChI=1S/C11H18Br2O3/c1-9(2,3)6-10(12,11(13)7-16-11)15-5-8-4-14-8/h8H,4-7H2,1-3H3. The van der Waals surface area contributed by atoms with Crippen molar-refractivity contribution in [1.82, 2.24) is 0 Å². The molecule has 0 spiro atoms. The number of hydrogen-bond donors (Lipinski definition) is 0. The Bertz CT molecular complexity index is 269. The zero-order chi connectivity index (χ0) is 12.0. The summed E-state index contributed by atoms with van der Waals surface area (Å²) in [4.78, 5) is 0. The summed E-state index contributed by atoms with van der Waals surface area (Å²) in [5.74, 6) is 0. The topological polar surface area (TPSA) is 34.3 Å². The van der Waals surface area contributed by atoms with E-state index in [2.05, 4.69) is 52.6 Å². The van der Waals surface area contributed by atoms with E-state index in [9.17, 15) is 0 Å². The minimum absolute atomic E-state index is 0.167. The van der Waals surface area contributed by atoms with Crippen molar-refractivity contribution in [1.29, 1.82) is 0 Å². The van der Waals surface area contributed by atoms with Crippen LogP contribution in [0, 0.1) is 5.41 Å². The van der Waals surface area contributed by atoms with Gasteiger partial charge >= 0.3 is 0 Å². The first-order valence-electron chi connectivity index (χ1n) is 5.52. The SMILES string of the molecule is CC(C)(C)CC(Br)(OCC1CO1)C1(Br)CO1. The summed E-state index contributed by atoms with van der Waals surface area (Å²) >= 11 is 7.31. The molecule has 2 aliphatic rings. The maximum atomic E-state index is 5.98. The molecule has 2 heterocycles. The molecule has 2 saturated heterocycles. The van der Waals surface area contributed by atoms with Gasteiger partial charge in [-0.2, -0.15) is 0 Å². The van der Waals surface area contributed by atoms with Crippen LogP contribution in [0.25, 0.3) is 0 Å². The van der Waals surface area contributed by atoms with Gasteiger partial charge in [0.05, 0.1) is 19.8 Å². The van der Waals surface area contributed by atoms with E-state index in [-0.39, 0.29) is 16.0 Å². The van der Waals surface area contributed by atoms with E-state index in [0.717, 1.165) is 13.0 Å². The minimum atomic E-state index is -0.468. The number of halogens is 2. The first kappa shape index (κ1) is 13.3. The Morgan fingerprint density at radius 3 is 2.38 bits per heavy atom. The summed E-state index contributed by atoms with van der Waals surface area (Å²) in [6.07, 6.45) is 1.14. The molecule has 0 aromatic rings. The van der Waals surface area contributed by atoms with Crippen LogP contribution >= 0.6 is 31.9 Å². The van der Waals surface area contributed by atoms with Crippen LogP contribution in [-0.4, -0.2) is 34.9 Å². The van der Waals surface area contributed by atoms with Crippen LogP contribution in [0.5, 0.6) is 0 Å². The fourth-order valence-electron chi connectivity index (χ4n) is 1.64. The molecular weight excluding hydrogens is 340 g/mol. The zero-order valence-electron chi connectivity index (χ0n) is 9.89. The van der Waals surface area contributed by atoms with Gasteiger partial charge in [-0.1, -0.05) is 20.8 Å². The molecule has 16 heavy (non-hydrogen) atoms. The van der Waals surface area contributed by atoms with Gasteiger partial charge in [-0.15, -0.1) is 0 Å². The van der Waals surface area contributed by atoms with Crippen molar-refractivity contribution in [3.63, 3.8) is 0 Å². The molecule has 5 heteroatoms. The largest absolute Gasteiger partial charge is 0.371 e. The molecule has 3 nitrogen and oxygen atoms in total. The van der Waals surface area contributed by atoms with Gasteiger partial charge in [0, 0.05) is 0 Å². The number of ether oxygens (including phenoxy) is 3. The lowest BCUT2D eigenvalue weighted by atomic mass is 9.88. The van der Waals surface area contributed by atoms with Crippen molar-refractivity contribution in [2.45, 2.75) is 42.3 Å². The highest BCUT2D eigenvalue weighted by Crippen LogP contribution is 2.54. The van der Waals surface area contributed by atoms with E-state index < -0.39 is 4.51 Å². The number of hydrogen-bond acceptors (Lipinski definition) is 3. The average molecular weight is 358 g/mol. The van der Waals surface area contributed by atoms with E-state index in [0.29, 0.717) is 13.2 Å². The Morgan fingerprint density at radius 2 is 2.00 bits per heavy atom. The summed E-state index contributed by atoms with van der Waals surface area (Å²) in [5.41, 5.74) is 0.167. The third kappa shape index (κ3) is 3.19. The quantitative estimate of drug-likeness (QED) is 0.560. The highest BCUT2D eigenvalue weighted by atomic mass is 79.9. The maximum Gasteiger partial charge on any atom is 0.184 e. The van der Waals surface area contributed by atoms with Crippen LogP contribution in [0.3, 0.4) is 0 Å². The molecule has 0 aliphatic carbocycles. The third-order valence-electron chi connectivity index (χ3n) is 2.61. The van der Waals surface area contributed by atoms with Crippen molar-refractivity contribution in [2.75, 3.05) is 19.8 Å². The molecule has 0 saturated carbocycles. The molecule has 3 atom stereocenters. The summed E-state index contributed by atoms with van der Waals surface area (Å²) in [7, 11) is 0. The monoisotopic (exact) mass is 356 g/mol. The Labute approximate surface area is 113 Å². The molecule has 0 amide bonds. The highest BCUT2D eigenvalue weighted by Gasteiger charge is 2.61. The Hall–Kier alpha value is 0.840. The summed E-state index contributed by atoms with van der Waals surface area (Å²) in [6, 6.07) is 0. The molecule has 2 fully saturated rings. The second kappa shape index (κ2) is 4.19. The van der Waals surface area contributed by atoms with Crippen LogP contribution in [-0.2, 0) is 14.2 Å². The van der Waals surface area contributed by atoms with Crippen LogP contribution in [0.2, 0.25) is 0 Å². The third-order valence-corrected chi connectivity index (χ3v) is 5.39. The second-order valence-corrected chi connectivity index (χ2v) is 8.31. The molecule has 0 N–H and O–H groups in total. The molecule has 0 aromatic heterocycles. The molecule has 0 bridgehead atoms. The lowest BCUT2D eigenvalue weighted by Crippen LogP contribution is -2.42. The van der Waals surface area contributed by atoms with Gasteiger partial charge in [-0.3, -0.25) is 0 Å². The smallest absolute Gasteiger partial charge is 0.184 e. The first-order valence-corrected chi connectivity index (χ1v) is 7.10. The van der Waals surface area contributed by atoms with E-state index in [1.165, 1.54) is 0 Å². The lowest BCUT2D eigenvalue weighted by molar-refractivity contribution is -0.0266. The van der Waals surface area contributed by atoms with Gasteiger partial charge in [0.15, 0.2) is 9.02 Å². The number of epoxide rings is 2. The molecular formula is C11H18Br2O3. The molecule has 94 valence electrons. The predicted octanol–water partition coefficient (Wildman–Crippen LogP) is 3.05. The van der Waals surface area contributed by atoms with E-state index in [1.54, 1.807) is 0 Å². The average Bonchev–Trinajstić information content (AvgIpc) is 2.93. The molecule has 0 radical (unpaired) electrons. The minimum Gasteiger partial charge on any atom is -0.371 e. The molecule has 3 unspecified atom stereocenters. The summed E-state index contributed by atoms with van der Waals surface area (Å²) in [6.45, 7) is 8.70. The zero-order valence-corrected chi connectivity index (χ0v) is 13.1. The van der Waals surface area contributed by atoms with Crippen molar-refractivity contribution in [3.8, 4) is 0 Å². The van der Waals surface area contributed by atoms with Gasteiger partial charge < -0.3 is 14.2 Å². The maximum absolute atomic E-state index is 5.98. The fraction of sp³-hybridized carbons (Fsp3) is 1.00. The van der Waals surface area contributed by atoms with E-state index in [4.69, 9.17) is 14.2 Å². The van der Waals surface area contributed by atoms with Crippen LogP contribution in [0.15, 0.2) is 0 Å². The normalized spacial score (nSPS) is 36.9. The summed E-state index contributed by atoms with van der Waals surface area (Å²) < 4.78 is 15.8. The summed E-state index contributed by atoms with van der Waals surface area (Å²) in [5, 5.41) is 0.